The summed E-state index contributed by atoms with van der Waals surface area (Å²) in [6.07, 6.45) is 3.47. The summed E-state index contributed by atoms with van der Waals surface area (Å²) in [7, 11) is 0. The summed E-state index contributed by atoms with van der Waals surface area (Å²) in [5.74, 6) is 0.925. The Bertz CT molecular complexity index is 835. The molecular weight excluding hydrogens is 338 g/mol. The smallest absolute Gasteiger partial charge is 0.272 e. The zero-order chi connectivity index (χ0) is 19.0. The summed E-state index contributed by atoms with van der Waals surface area (Å²) < 4.78 is 6.19. The lowest BCUT2D eigenvalue weighted by molar-refractivity contribution is 0.0742. The molecule has 1 aromatic carbocycles. The summed E-state index contributed by atoms with van der Waals surface area (Å²) in [5.41, 5.74) is 1.38. The molecule has 2 aliphatic rings. The number of hydrogen-bond acceptors (Lipinski definition) is 4. The predicted octanol–water partition coefficient (Wildman–Crippen LogP) is 3.72. The number of rotatable bonds is 4. The van der Waals surface area contributed by atoms with Gasteiger partial charge in [-0.15, -0.1) is 0 Å². The Labute approximate surface area is 161 Å². The lowest BCUT2D eigenvalue weighted by Gasteiger charge is -2.21. The van der Waals surface area contributed by atoms with Crippen LogP contribution in [0, 0.1) is 0 Å². The van der Waals surface area contributed by atoms with Gasteiger partial charge in [0.05, 0.1) is 5.52 Å². The largest absolute Gasteiger partial charge is 0.489 e. The van der Waals surface area contributed by atoms with Crippen LogP contribution in [0.25, 0.3) is 10.9 Å². The molecule has 1 aromatic heterocycles. The second kappa shape index (κ2) is 7.47. The summed E-state index contributed by atoms with van der Waals surface area (Å²) in [5, 5.41) is 1.01. The summed E-state index contributed by atoms with van der Waals surface area (Å²) in [6.45, 7) is 9.48. The highest BCUT2D eigenvalue weighted by Crippen LogP contribution is 2.25. The molecule has 0 saturated carbocycles. The van der Waals surface area contributed by atoms with Gasteiger partial charge in [0, 0.05) is 37.1 Å². The van der Waals surface area contributed by atoms with E-state index in [0.29, 0.717) is 17.8 Å². The van der Waals surface area contributed by atoms with Gasteiger partial charge in [-0.05, 0) is 64.3 Å². The Morgan fingerprint density at radius 1 is 1.19 bits per heavy atom. The number of benzene rings is 1. The van der Waals surface area contributed by atoms with Crippen LogP contribution in [-0.4, -0.2) is 58.5 Å². The number of hydrogen-bond donors (Lipinski definition) is 0. The van der Waals surface area contributed by atoms with Crippen LogP contribution in [0.5, 0.6) is 5.75 Å². The van der Waals surface area contributed by atoms with Gasteiger partial charge < -0.3 is 9.64 Å². The Balaban J connectivity index is 1.48. The van der Waals surface area contributed by atoms with Crippen molar-refractivity contribution in [2.45, 2.75) is 58.2 Å². The first-order valence-electron chi connectivity index (χ1n) is 10.1. The standard InChI is InChI=1S/C22H29N3O2/c1-15(2)24-12-10-19(14-24)27-18-7-9-20-17(13-18)6-8-21(23-20)22(26)25-11-4-5-16(25)3/h6-9,13,15-16,19H,4-5,10-12,14H2,1-3H3. The second-order valence-corrected chi connectivity index (χ2v) is 8.16. The zero-order valence-corrected chi connectivity index (χ0v) is 16.5. The number of nitrogens with zero attached hydrogens (tertiary/aromatic N) is 3. The fourth-order valence-corrected chi connectivity index (χ4v) is 4.19. The van der Waals surface area contributed by atoms with Crippen molar-refractivity contribution >= 4 is 16.8 Å². The van der Waals surface area contributed by atoms with Crippen LogP contribution in [0.1, 0.15) is 50.5 Å². The van der Waals surface area contributed by atoms with Crippen molar-refractivity contribution in [1.82, 2.24) is 14.8 Å². The number of ether oxygens (including phenoxy) is 1. The molecule has 1 amide bonds. The fraction of sp³-hybridized carbons (Fsp3) is 0.545. The summed E-state index contributed by atoms with van der Waals surface area (Å²) in [4.78, 5) is 21.7. The molecule has 5 nitrogen and oxygen atoms in total. The maximum atomic E-state index is 12.7. The highest BCUT2D eigenvalue weighted by atomic mass is 16.5. The first kappa shape index (κ1) is 18.2. The van der Waals surface area contributed by atoms with Gasteiger partial charge in [-0.25, -0.2) is 4.98 Å². The number of amides is 1. The van der Waals surface area contributed by atoms with E-state index in [1.165, 1.54) is 0 Å². The minimum Gasteiger partial charge on any atom is -0.489 e. The van der Waals surface area contributed by atoms with Gasteiger partial charge in [-0.1, -0.05) is 6.07 Å². The number of aromatic nitrogens is 1. The number of carbonyl (C=O) groups is 1. The molecule has 2 unspecified atom stereocenters. The van der Waals surface area contributed by atoms with Gasteiger partial charge >= 0.3 is 0 Å². The Hall–Kier alpha value is -2.14. The Kier molecular flexibility index (Phi) is 5.04. The summed E-state index contributed by atoms with van der Waals surface area (Å²) in [6, 6.07) is 10.7. The monoisotopic (exact) mass is 367 g/mol. The molecule has 2 aromatic rings. The number of pyridine rings is 1. The molecular formula is C22H29N3O2. The van der Waals surface area contributed by atoms with Gasteiger partial charge in [0.2, 0.25) is 0 Å². The van der Waals surface area contributed by atoms with E-state index in [1.807, 2.05) is 35.2 Å². The van der Waals surface area contributed by atoms with Crippen LogP contribution in [-0.2, 0) is 0 Å². The SMILES string of the molecule is CC(C)N1CCC(Oc2ccc3nc(C(=O)N4CCCC4C)ccc3c2)C1. The van der Waals surface area contributed by atoms with E-state index in [9.17, 15) is 4.79 Å². The lowest BCUT2D eigenvalue weighted by Crippen LogP contribution is -2.34. The molecule has 27 heavy (non-hydrogen) atoms. The topological polar surface area (TPSA) is 45.7 Å². The quantitative estimate of drug-likeness (QED) is 0.826. The van der Waals surface area contributed by atoms with E-state index in [4.69, 9.17) is 4.74 Å². The first-order valence-corrected chi connectivity index (χ1v) is 10.1. The molecule has 2 atom stereocenters. The fourth-order valence-electron chi connectivity index (χ4n) is 4.19. The number of carbonyl (C=O) groups excluding carboxylic acids is 1. The average Bonchev–Trinajstić information content (AvgIpc) is 3.30. The van der Waals surface area contributed by atoms with Crippen molar-refractivity contribution in [1.29, 1.82) is 0 Å². The number of fused-ring (bicyclic) bond motifs is 1. The van der Waals surface area contributed by atoms with Crippen LogP contribution >= 0.6 is 0 Å². The highest BCUT2D eigenvalue weighted by molar-refractivity contribution is 5.95. The molecule has 4 rings (SSSR count). The third kappa shape index (κ3) is 3.79. The molecule has 2 aliphatic heterocycles. The van der Waals surface area contributed by atoms with Gasteiger partial charge in [0.1, 0.15) is 17.5 Å². The molecule has 3 heterocycles. The van der Waals surface area contributed by atoms with E-state index in [-0.39, 0.29) is 12.0 Å². The molecule has 144 valence electrons. The van der Waals surface area contributed by atoms with Gasteiger partial charge in [-0.3, -0.25) is 9.69 Å². The van der Waals surface area contributed by atoms with Crippen LogP contribution in [0.4, 0.5) is 0 Å². The third-order valence-electron chi connectivity index (χ3n) is 5.90. The zero-order valence-electron chi connectivity index (χ0n) is 16.5. The van der Waals surface area contributed by atoms with Crippen LogP contribution in [0.3, 0.4) is 0 Å². The molecule has 0 aliphatic carbocycles. The average molecular weight is 367 g/mol. The van der Waals surface area contributed by atoms with E-state index in [1.54, 1.807) is 0 Å². The van der Waals surface area contributed by atoms with Crippen molar-refractivity contribution in [3.05, 3.63) is 36.0 Å². The molecule has 0 radical (unpaired) electrons. The van der Waals surface area contributed by atoms with Crippen molar-refractivity contribution in [3.63, 3.8) is 0 Å². The minimum atomic E-state index is 0.0435. The Morgan fingerprint density at radius 2 is 2.04 bits per heavy atom. The molecule has 5 heteroatoms. The van der Waals surface area contributed by atoms with Crippen molar-refractivity contribution in [3.8, 4) is 5.75 Å². The van der Waals surface area contributed by atoms with E-state index < -0.39 is 0 Å². The van der Waals surface area contributed by atoms with Crippen LogP contribution in [0.15, 0.2) is 30.3 Å². The van der Waals surface area contributed by atoms with Gasteiger partial charge in [-0.2, -0.15) is 0 Å². The van der Waals surface area contributed by atoms with Crippen LogP contribution in [0.2, 0.25) is 0 Å². The van der Waals surface area contributed by atoms with E-state index in [2.05, 4.69) is 30.7 Å². The first-order chi connectivity index (χ1) is 13.0. The minimum absolute atomic E-state index is 0.0435. The van der Waals surface area contributed by atoms with Crippen molar-refractivity contribution in [2.24, 2.45) is 0 Å². The van der Waals surface area contributed by atoms with Crippen molar-refractivity contribution in [2.75, 3.05) is 19.6 Å². The lowest BCUT2D eigenvalue weighted by atomic mass is 10.1. The molecule has 0 N–H and O–H groups in total. The molecule has 2 saturated heterocycles. The van der Waals surface area contributed by atoms with E-state index >= 15 is 0 Å². The van der Waals surface area contributed by atoms with Crippen molar-refractivity contribution < 1.29 is 9.53 Å². The molecule has 0 spiro atoms. The second-order valence-electron chi connectivity index (χ2n) is 8.16. The van der Waals surface area contributed by atoms with Crippen LogP contribution < -0.4 is 4.74 Å². The highest BCUT2D eigenvalue weighted by Gasteiger charge is 2.27. The molecule has 2 fully saturated rings. The van der Waals surface area contributed by atoms with Gasteiger partial charge in [0.25, 0.3) is 5.91 Å². The predicted molar refractivity (Wildman–Crippen MR) is 107 cm³/mol. The number of likely N-dealkylation sites (tertiary alicyclic amines) is 2. The third-order valence-corrected chi connectivity index (χ3v) is 5.90. The Morgan fingerprint density at radius 3 is 2.74 bits per heavy atom. The maximum absolute atomic E-state index is 12.7. The normalized spacial score (nSPS) is 23.5. The van der Waals surface area contributed by atoms with Gasteiger partial charge in [0.15, 0.2) is 0 Å². The maximum Gasteiger partial charge on any atom is 0.272 e. The molecule has 0 bridgehead atoms. The van der Waals surface area contributed by atoms with E-state index in [0.717, 1.165) is 55.5 Å². The summed E-state index contributed by atoms with van der Waals surface area (Å²) >= 11 is 0.